The van der Waals surface area contributed by atoms with Gasteiger partial charge in [0.2, 0.25) is 0 Å². The molecule has 0 N–H and O–H groups in total. The standard InChI is InChI=1S/C21H31NO4/c1-20(2,3)18(23)17-12-16(26-21(4,5)6)13-22(17)19(24)25-14-15-10-8-7-9-11-15/h7-11,16-17H,12-14H2,1-6H3/t16-,17+/m1/s1. The third-order valence-corrected chi connectivity index (χ3v) is 4.26. The zero-order chi connectivity index (χ0) is 19.5. The van der Waals surface area contributed by atoms with Gasteiger partial charge in [-0.2, -0.15) is 0 Å². The van der Waals surface area contributed by atoms with Crippen molar-refractivity contribution in [1.29, 1.82) is 0 Å². The smallest absolute Gasteiger partial charge is 0.410 e. The van der Waals surface area contributed by atoms with Crippen LogP contribution in [-0.4, -0.2) is 41.1 Å². The first-order valence-corrected chi connectivity index (χ1v) is 9.17. The number of amides is 1. The summed E-state index contributed by atoms with van der Waals surface area (Å²) in [6, 6.07) is 9.01. The molecule has 1 aliphatic heterocycles. The molecule has 26 heavy (non-hydrogen) atoms. The van der Waals surface area contributed by atoms with Crippen molar-refractivity contribution < 1.29 is 19.1 Å². The minimum Gasteiger partial charge on any atom is -0.445 e. The molecule has 1 fully saturated rings. The van der Waals surface area contributed by atoms with Gasteiger partial charge in [-0.3, -0.25) is 9.69 Å². The van der Waals surface area contributed by atoms with Gasteiger partial charge in [-0.15, -0.1) is 0 Å². The average Bonchev–Trinajstić information content (AvgIpc) is 2.93. The van der Waals surface area contributed by atoms with Gasteiger partial charge >= 0.3 is 6.09 Å². The molecule has 1 saturated heterocycles. The number of Topliss-reactive ketones (excluding diaryl/α,β-unsaturated/α-hetero) is 1. The van der Waals surface area contributed by atoms with Crippen molar-refractivity contribution in [3.63, 3.8) is 0 Å². The second-order valence-corrected chi connectivity index (χ2v) is 8.91. The van der Waals surface area contributed by atoms with Crippen molar-refractivity contribution in [2.75, 3.05) is 6.54 Å². The molecule has 144 valence electrons. The van der Waals surface area contributed by atoms with Gasteiger partial charge in [0.15, 0.2) is 5.78 Å². The van der Waals surface area contributed by atoms with Crippen molar-refractivity contribution >= 4 is 11.9 Å². The number of hydrogen-bond acceptors (Lipinski definition) is 4. The highest BCUT2D eigenvalue weighted by Gasteiger charge is 2.45. The lowest BCUT2D eigenvalue weighted by molar-refractivity contribution is -0.130. The molecule has 1 aliphatic rings. The van der Waals surface area contributed by atoms with E-state index in [4.69, 9.17) is 9.47 Å². The number of hydrogen-bond donors (Lipinski definition) is 0. The molecule has 2 atom stereocenters. The number of likely N-dealkylation sites (tertiary alicyclic amines) is 1. The van der Waals surface area contributed by atoms with Gasteiger partial charge in [0.25, 0.3) is 0 Å². The van der Waals surface area contributed by atoms with Crippen LogP contribution in [0.4, 0.5) is 4.79 Å². The molecule has 0 spiro atoms. The SMILES string of the molecule is CC(C)(C)O[C@@H]1C[C@@H](C(=O)C(C)(C)C)N(C(=O)OCc2ccccc2)C1. The van der Waals surface area contributed by atoms with E-state index in [0.717, 1.165) is 5.56 Å². The molecule has 1 heterocycles. The molecular weight excluding hydrogens is 330 g/mol. The Kier molecular flexibility index (Phi) is 6.12. The predicted octanol–water partition coefficient (Wildman–Crippen LogP) is 4.20. The molecule has 2 rings (SSSR count). The minimum absolute atomic E-state index is 0.0363. The summed E-state index contributed by atoms with van der Waals surface area (Å²) in [7, 11) is 0. The van der Waals surface area contributed by atoms with Crippen LogP contribution in [0.5, 0.6) is 0 Å². The Morgan fingerprint density at radius 1 is 1.08 bits per heavy atom. The highest BCUT2D eigenvalue weighted by Crippen LogP contribution is 2.30. The lowest BCUT2D eigenvalue weighted by Gasteiger charge is -2.28. The Balaban J connectivity index is 2.10. The third kappa shape index (κ3) is 5.56. The maximum atomic E-state index is 12.9. The van der Waals surface area contributed by atoms with Crippen LogP contribution in [-0.2, 0) is 20.9 Å². The minimum atomic E-state index is -0.529. The highest BCUT2D eigenvalue weighted by atomic mass is 16.6. The van der Waals surface area contributed by atoms with E-state index in [1.165, 1.54) is 4.90 Å². The van der Waals surface area contributed by atoms with Crippen LogP contribution < -0.4 is 0 Å². The molecule has 5 heteroatoms. The summed E-state index contributed by atoms with van der Waals surface area (Å²) in [4.78, 5) is 27.1. The molecule has 0 aromatic heterocycles. The zero-order valence-electron chi connectivity index (χ0n) is 16.7. The normalized spacial score (nSPS) is 20.9. The van der Waals surface area contributed by atoms with Crippen molar-refractivity contribution in [3.05, 3.63) is 35.9 Å². The van der Waals surface area contributed by atoms with Crippen molar-refractivity contribution in [3.8, 4) is 0 Å². The molecule has 0 radical (unpaired) electrons. The predicted molar refractivity (Wildman–Crippen MR) is 101 cm³/mol. The molecule has 0 aliphatic carbocycles. The van der Waals surface area contributed by atoms with E-state index in [2.05, 4.69) is 0 Å². The molecule has 0 unspecified atom stereocenters. The number of carbonyl (C=O) groups excluding carboxylic acids is 2. The van der Waals surface area contributed by atoms with E-state index in [1.54, 1.807) is 0 Å². The lowest BCUT2D eigenvalue weighted by atomic mass is 9.85. The summed E-state index contributed by atoms with van der Waals surface area (Å²) >= 11 is 0. The Morgan fingerprint density at radius 2 is 1.69 bits per heavy atom. The first kappa shape index (κ1) is 20.4. The number of rotatable bonds is 4. The zero-order valence-corrected chi connectivity index (χ0v) is 16.7. The summed E-state index contributed by atoms with van der Waals surface area (Å²) in [5.41, 5.74) is 0.0599. The van der Waals surface area contributed by atoms with Crippen LogP contribution in [0.15, 0.2) is 30.3 Å². The van der Waals surface area contributed by atoms with Gasteiger partial charge in [0.05, 0.1) is 24.3 Å². The van der Waals surface area contributed by atoms with E-state index < -0.39 is 17.6 Å². The van der Waals surface area contributed by atoms with Crippen LogP contribution in [0.1, 0.15) is 53.5 Å². The van der Waals surface area contributed by atoms with Crippen LogP contribution in [0, 0.1) is 5.41 Å². The van der Waals surface area contributed by atoms with E-state index in [0.29, 0.717) is 13.0 Å². The Morgan fingerprint density at radius 3 is 2.23 bits per heavy atom. The Hall–Kier alpha value is -1.88. The van der Waals surface area contributed by atoms with Gasteiger partial charge in [-0.05, 0) is 26.3 Å². The second-order valence-electron chi connectivity index (χ2n) is 8.91. The molecule has 1 amide bonds. The monoisotopic (exact) mass is 361 g/mol. The average molecular weight is 361 g/mol. The fourth-order valence-corrected chi connectivity index (χ4v) is 3.14. The van der Waals surface area contributed by atoms with Gasteiger partial charge in [0, 0.05) is 11.8 Å². The quantitative estimate of drug-likeness (QED) is 0.807. The molecular formula is C21H31NO4. The number of benzene rings is 1. The highest BCUT2D eigenvalue weighted by molar-refractivity contribution is 5.91. The summed E-state index contributed by atoms with van der Waals surface area (Å²) in [6.45, 7) is 12.1. The van der Waals surface area contributed by atoms with Crippen LogP contribution in [0.2, 0.25) is 0 Å². The summed E-state index contributed by atoms with van der Waals surface area (Å²) in [5.74, 6) is 0.0363. The second kappa shape index (κ2) is 7.78. The number of carbonyl (C=O) groups is 2. The van der Waals surface area contributed by atoms with E-state index in [9.17, 15) is 9.59 Å². The van der Waals surface area contributed by atoms with Gasteiger partial charge < -0.3 is 9.47 Å². The first-order valence-electron chi connectivity index (χ1n) is 9.17. The molecule has 5 nitrogen and oxygen atoms in total. The number of ether oxygens (including phenoxy) is 2. The van der Waals surface area contributed by atoms with E-state index in [-0.39, 0.29) is 24.1 Å². The maximum Gasteiger partial charge on any atom is 0.410 e. The summed E-state index contributed by atoms with van der Waals surface area (Å²) in [6.07, 6.45) is -0.125. The van der Waals surface area contributed by atoms with Gasteiger partial charge in [0.1, 0.15) is 6.61 Å². The first-order chi connectivity index (χ1) is 12.0. The number of nitrogens with zero attached hydrogens (tertiary/aromatic N) is 1. The third-order valence-electron chi connectivity index (χ3n) is 4.26. The van der Waals surface area contributed by atoms with Gasteiger partial charge in [-0.25, -0.2) is 4.79 Å². The van der Waals surface area contributed by atoms with Crippen LogP contribution in [0.25, 0.3) is 0 Å². The summed E-state index contributed by atoms with van der Waals surface area (Å²) < 4.78 is 11.5. The van der Waals surface area contributed by atoms with Crippen molar-refractivity contribution in [1.82, 2.24) is 4.90 Å². The maximum absolute atomic E-state index is 12.9. The lowest BCUT2D eigenvalue weighted by Crippen LogP contribution is -2.45. The van der Waals surface area contributed by atoms with E-state index in [1.807, 2.05) is 71.9 Å². The largest absolute Gasteiger partial charge is 0.445 e. The van der Waals surface area contributed by atoms with Crippen LogP contribution >= 0.6 is 0 Å². The molecule has 0 saturated carbocycles. The van der Waals surface area contributed by atoms with E-state index >= 15 is 0 Å². The molecule has 1 aromatic carbocycles. The fourth-order valence-electron chi connectivity index (χ4n) is 3.14. The Labute approximate surface area is 156 Å². The van der Waals surface area contributed by atoms with Crippen molar-refractivity contribution in [2.45, 2.75) is 72.3 Å². The molecule has 1 aromatic rings. The van der Waals surface area contributed by atoms with Gasteiger partial charge in [-0.1, -0.05) is 51.1 Å². The number of ketones is 1. The van der Waals surface area contributed by atoms with Crippen LogP contribution in [0.3, 0.4) is 0 Å². The summed E-state index contributed by atoms with van der Waals surface area (Å²) in [5, 5.41) is 0. The Bertz CT molecular complexity index is 628. The fraction of sp³-hybridized carbons (Fsp3) is 0.619. The topological polar surface area (TPSA) is 55.8 Å². The van der Waals surface area contributed by atoms with Crippen molar-refractivity contribution in [2.24, 2.45) is 5.41 Å². The molecule has 0 bridgehead atoms.